The Hall–Kier alpha value is -2.12. The quantitative estimate of drug-likeness (QED) is 0.849. The lowest BCUT2D eigenvalue weighted by Crippen LogP contribution is -2.38. The Balaban J connectivity index is 2.17. The average Bonchev–Trinajstić information content (AvgIpc) is 2.47. The number of amides is 1. The number of ether oxygens (including phenoxy) is 2. The topological polar surface area (TPSA) is 88.1 Å². The van der Waals surface area contributed by atoms with Gasteiger partial charge < -0.3 is 24.8 Å². The number of benzene rings is 1. The van der Waals surface area contributed by atoms with E-state index in [9.17, 15) is 14.7 Å². The number of carboxylic acid groups (broad SMARTS) is 1. The molecule has 0 aliphatic carbocycles. The second-order valence-electron chi connectivity index (χ2n) is 5.17. The number of anilines is 2. The van der Waals surface area contributed by atoms with Crippen LogP contribution in [0.25, 0.3) is 0 Å². The van der Waals surface area contributed by atoms with E-state index in [1.54, 1.807) is 19.2 Å². The third-order valence-corrected chi connectivity index (χ3v) is 3.32. The van der Waals surface area contributed by atoms with E-state index in [1.807, 2.05) is 4.90 Å². The molecule has 7 heteroatoms. The van der Waals surface area contributed by atoms with Crippen LogP contribution < -0.4 is 10.2 Å². The molecule has 2 rings (SSSR count). The van der Waals surface area contributed by atoms with Gasteiger partial charge in [-0.25, -0.2) is 4.79 Å². The monoisotopic (exact) mass is 308 g/mol. The van der Waals surface area contributed by atoms with E-state index >= 15 is 0 Å². The van der Waals surface area contributed by atoms with Crippen LogP contribution in [0.4, 0.5) is 11.4 Å². The van der Waals surface area contributed by atoms with Crippen LogP contribution in [0.15, 0.2) is 18.2 Å². The molecule has 1 aromatic rings. The molecular weight excluding hydrogens is 288 g/mol. The summed E-state index contributed by atoms with van der Waals surface area (Å²) in [6, 6.07) is 4.81. The molecule has 1 amide bonds. The predicted octanol–water partition coefficient (Wildman–Crippen LogP) is 1.19. The minimum Gasteiger partial charge on any atom is -0.478 e. The molecule has 0 spiro atoms. The highest BCUT2D eigenvalue weighted by atomic mass is 16.6. The third kappa shape index (κ3) is 4.19. The molecular formula is C15H20N2O5. The lowest BCUT2D eigenvalue weighted by molar-refractivity contribution is -0.114. The van der Waals surface area contributed by atoms with E-state index in [2.05, 4.69) is 5.32 Å². The summed E-state index contributed by atoms with van der Waals surface area (Å²) in [6.07, 6.45) is -0.0876. The number of aromatic carboxylic acids is 1. The summed E-state index contributed by atoms with van der Waals surface area (Å²) in [5.41, 5.74) is 1.15. The molecule has 1 atom stereocenters. The summed E-state index contributed by atoms with van der Waals surface area (Å²) < 4.78 is 10.9. The SMILES string of the molecule is CC(=O)Nc1ccc(N(C)C[C@@H]2COCCO2)c(C(=O)O)c1. The van der Waals surface area contributed by atoms with Crippen LogP contribution in [0, 0.1) is 0 Å². The molecule has 1 aromatic carbocycles. The van der Waals surface area contributed by atoms with Crippen molar-refractivity contribution in [1.82, 2.24) is 0 Å². The largest absolute Gasteiger partial charge is 0.478 e. The molecule has 7 nitrogen and oxygen atoms in total. The molecule has 0 bridgehead atoms. The van der Waals surface area contributed by atoms with Crippen LogP contribution in [-0.4, -0.2) is 56.5 Å². The molecule has 0 saturated carbocycles. The summed E-state index contributed by atoms with van der Waals surface area (Å²) in [5.74, 6) is -1.29. The first kappa shape index (κ1) is 16.3. The van der Waals surface area contributed by atoms with Crippen LogP contribution >= 0.6 is 0 Å². The highest BCUT2D eigenvalue weighted by Gasteiger charge is 2.20. The molecule has 2 N–H and O–H groups in total. The first-order valence-corrected chi connectivity index (χ1v) is 7.03. The predicted molar refractivity (Wildman–Crippen MR) is 81.5 cm³/mol. The molecule has 22 heavy (non-hydrogen) atoms. The van der Waals surface area contributed by atoms with E-state index in [1.165, 1.54) is 13.0 Å². The minimum absolute atomic E-state index is 0.0876. The summed E-state index contributed by atoms with van der Waals surface area (Å²) >= 11 is 0. The maximum absolute atomic E-state index is 11.5. The summed E-state index contributed by atoms with van der Waals surface area (Å²) in [7, 11) is 1.80. The lowest BCUT2D eigenvalue weighted by Gasteiger charge is -2.29. The van der Waals surface area contributed by atoms with Gasteiger partial charge in [0.15, 0.2) is 0 Å². The highest BCUT2D eigenvalue weighted by molar-refractivity contribution is 5.97. The number of hydrogen-bond acceptors (Lipinski definition) is 5. The summed E-state index contributed by atoms with van der Waals surface area (Å²) in [6.45, 7) is 3.54. The van der Waals surface area contributed by atoms with Crippen molar-refractivity contribution in [2.75, 3.05) is 43.6 Å². The van der Waals surface area contributed by atoms with Gasteiger partial charge in [-0.1, -0.05) is 0 Å². The smallest absolute Gasteiger partial charge is 0.337 e. The van der Waals surface area contributed by atoms with Gasteiger partial charge in [0.25, 0.3) is 0 Å². The maximum Gasteiger partial charge on any atom is 0.337 e. The Bertz CT molecular complexity index is 555. The van der Waals surface area contributed by atoms with Crippen LogP contribution in [0.2, 0.25) is 0 Å². The number of rotatable bonds is 5. The molecule has 0 unspecified atom stereocenters. The van der Waals surface area contributed by atoms with Gasteiger partial charge in [0.2, 0.25) is 5.91 Å². The van der Waals surface area contributed by atoms with Crippen molar-refractivity contribution in [3.8, 4) is 0 Å². The fourth-order valence-electron chi connectivity index (χ4n) is 2.37. The van der Waals surface area contributed by atoms with Crippen molar-refractivity contribution in [2.24, 2.45) is 0 Å². The molecule has 0 aromatic heterocycles. The number of likely N-dealkylation sites (N-methyl/N-ethyl adjacent to an activating group) is 1. The molecule has 0 radical (unpaired) electrons. The van der Waals surface area contributed by atoms with E-state index in [4.69, 9.17) is 9.47 Å². The minimum atomic E-state index is -1.05. The molecule has 1 aliphatic rings. The Kier molecular flexibility index (Phi) is 5.35. The van der Waals surface area contributed by atoms with Gasteiger partial charge in [-0.2, -0.15) is 0 Å². The van der Waals surface area contributed by atoms with Gasteiger partial charge in [-0.3, -0.25) is 4.79 Å². The van der Waals surface area contributed by atoms with Crippen molar-refractivity contribution in [1.29, 1.82) is 0 Å². The Morgan fingerprint density at radius 1 is 1.41 bits per heavy atom. The molecule has 120 valence electrons. The van der Waals surface area contributed by atoms with Crippen LogP contribution in [-0.2, 0) is 14.3 Å². The Morgan fingerprint density at radius 2 is 2.18 bits per heavy atom. The van der Waals surface area contributed by atoms with Crippen molar-refractivity contribution in [2.45, 2.75) is 13.0 Å². The third-order valence-electron chi connectivity index (χ3n) is 3.32. The van der Waals surface area contributed by atoms with Gasteiger partial charge >= 0.3 is 5.97 Å². The maximum atomic E-state index is 11.5. The molecule has 1 aliphatic heterocycles. The van der Waals surface area contributed by atoms with Gasteiger partial charge in [0, 0.05) is 26.2 Å². The zero-order valence-electron chi connectivity index (χ0n) is 12.7. The van der Waals surface area contributed by atoms with Crippen molar-refractivity contribution in [3.63, 3.8) is 0 Å². The number of carboxylic acids is 1. The first-order chi connectivity index (χ1) is 10.5. The first-order valence-electron chi connectivity index (χ1n) is 7.03. The zero-order valence-corrected chi connectivity index (χ0v) is 12.7. The van der Waals surface area contributed by atoms with Gasteiger partial charge in [0.05, 0.1) is 37.2 Å². The van der Waals surface area contributed by atoms with E-state index in [0.29, 0.717) is 37.7 Å². The van der Waals surface area contributed by atoms with Crippen molar-refractivity contribution in [3.05, 3.63) is 23.8 Å². The van der Waals surface area contributed by atoms with Crippen molar-refractivity contribution >= 4 is 23.3 Å². The van der Waals surface area contributed by atoms with Crippen LogP contribution in [0.5, 0.6) is 0 Å². The Labute approximate surface area is 128 Å². The van der Waals surface area contributed by atoms with E-state index in [-0.39, 0.29) is 17.6 Å². The summed E-state index contributed by atoms with van der Waals surface area (Å²) in [5, 5.41) is 12.0. The normalized spacial score (nSPS) is 17.8. The number of carbonyl (C=O) groups excluding carboxylic acids is 1. The van der Waals surface area contributed by atoms with Gasteiger partial charge in [-0.05, 0) is 18.2 Å². The van der Waals surface area contributed by atoms with Crippen LogP contribution in [0.1, 0.15) is 17.3 Å². The highest BCUT2D eigenvalue weighted by Crippen LogP contribution is 2.24. The second kappa shape index (κ2) is 7.24. The summed E-state index contributed by atoms with van der Waals surface area (Å²) in [4.78, 5) is 24.4. The molecule has 1 fully saturated rings. The van der Waals surface area contributed by atoms with Gasteiger partial charge in [-0.15, -0.1) is 0 Å². The lowest BCUT2D eigenvalue weighted by atomic mass is 10.1. The fourth-order valence-corrected chi connectivity index (χ4v) is 2.37. The average molecular weight is 308 g/mol. The number of nitrogens with zero attached hydrogens (tertiary/aromatic N) is 1. The zero-order chi connectivity index (χ0) is 16.1. The van der Waals surface area contributed by atoms with Crippen molar-refractivity contribution < 1.29 is 24.2 Å². The van der Waals surface area contributed by atoms with Gasteiger partial charge in [0.1, 0.15) is 0 Å². The van der Waals surface area contributed by atoms with Crippen LogP contribution in [0.3, 0.4) is 0 Å². The number of nitrogens with one attached hydrogen (secondary N) is 1. The fraction of sp³-hybridized carbons (Fsp3) is 0.467. The molecule has 1 heterocycles. The molecule has 1 saturated heterocycles. The Morgan fingerprint density at radius 3 is 2.77 bits per heavy atom. The standard InChI is InChI=1S/C15H20N2O5/c1-10(18)16-11-3-4-14(13(7-11)15(19)20)17(2)8-12-9-21-5-6-22-12/h3-4,7,12H,5-6,8-9H2,1-2H3,(H,16,18)(H,19,20)/t12-/m1/s1. The van der Waals surface area contributed by atoms with E-state index in [0.717, 1.165) is 0 Å². The second-order valence-corrected chi connectivity index (χ2v) is 5.17. The number of carbonyl (C=O) groups is 2. The number of hydrogen-bond donors (Lipinski definition) is 2. The van der Waals surface area contributed by atoms with E-state index < -0.39 is 5.97 Å².